The van der Waals surface area contributed by atoms with E-state index in [1.165, 1.54) is 10.4 Å². The van der Waals surface area contributed by atoms with Crippen molar-refractivity contribution < 1.29 is 27.5 Å². The van der Waals surface area contributed by atoms with Gasteiger partial charge in [-0.2, -0.15) is 4.31 Å². The van der Waals surface area contributed by atoms with Gasteiger partial charge < -0.3 is 14.8 Å². The molecule has 2 fully saturated rings. The molecule has 2 aliphatic rings. The number of amides is 1. The molecule has 1 aromatic rings. The first kappa shape index (κ1) is 23.3. The first-order valence-corrected chi connectivity index (χ1v) is 12.0. The fourth-order valence-corrected chi connectivity index (χ4v) is 5.77. The first-order chi connectivity index (χ1) is 14.3. The normalized spacial score (nSPS) is 18.7. The molecule has 1 saturated heterocycles. The van der Waals surface area contributed by atoms with E-state index in [9.17, 15) is 18.0 Å². The molecule has 3 rings (SSSR count). The van der Waals surface area contributed by atoms with Crippen LogP contribution >= 0.6 is 23.2 Å². The molecule has 1 aromatic carbocycles. The second-order valence-electron chi connectivity index (χ2n) is 7.26. The number of nitrogens with zero attached hydrogens (tertiary/aromatic N) is 1. The van der Waals surface area contributed by atoms with E-state index in [1.807, 2.05) is 0 Å². The molecule has 0 atom stereocenters. The summed E-state index contributed by atoms with van der Waals surface area (Å²) in [5, 5.41) is 2.69. The van der Waals surface area contributed by atoms with Crippen molar-refractivity contribution in [3.63, 3.8) is 0 Å². The zero-order chi connectivity index (χ0) is 21.7. The molecular weight excluding hydrogens is 455 g/mol. The number of sulfonamides is 1. The van der Waals surface area contributed by atoms with Gasteiger partial charge in [-0.25, -0.2) is 13.2 Å². The third-order valence-electron chi connectivity index (χ3n) is 5.13. The molecule has 1 N–H and O–H groups in total. The van der Waals surface area contributed by atoms with Gasteiger partial charge in [0.15, 0.2) is 6.61 Å². The molecule has 1 aliphatic carbocycles. The lowest BCUT2D eigenvalue weighted by Gasteiger charge is -2.26. The second-order valence-corrected chi connectivity index (χ2v) is 9.98. The van der Waals surface area contributed by atoms with Crippen LogP contribution in [0.15, 0.2) is 17.0 Å². The van der Waals surface area contributed by atoms with E-state index in [0.717, 1.165) is 38.2 Å². The maximum Gasteiger partial charge on any atom is 0.340 e. The lowest BCUT2D eigenvalue weighted by Crippen LogP contribution is -2.40. The predicted molar refractivity (Wildman–Crippen MR) is 111 cm³/mol. The van der Waals surface area contributed by atoms with E-state index < -0.39 is 28.5 Å². The highest BCUT2D eigenvalue weighted by Gasteiger charge is 2.30. The Balaban J connectivity index is 1.69. The molecule has 0 aromatic heterocycles. The summed E-state index contributed by atoms with van der Waals surface area (Å²) in [5.74, 6) is -1.30. The fourth-order valence-electron chi connectivity index (χ4n) is 3.53. The summed E-state index contributed by atoms with van der Waals surface area (Å²) in [5.41, 5.74) is -0.168. The second kappa shape index (κ2) is 10.3. The Morgan fingerprint density at radius 2 is 1.77 bits per heavy atom. The van der Waals surface area contributed by atoms with Gasteiger partial charge in [-0.1, -0.05) is 42.5 Å². The van der Waals surface area contributed by atoms with Crippen LogP contribution in [-0.2, 0) is 24.3 Å². The van der Waals surface area contributed by atoms with Gasteiger partial charge in [0.25, 0.3) is 5.91 Å². The number of nitrogens with one attached hydrogen (secondary N) is 1. The van der Waals surface area contributed by atoms with Crippen LogP contribution in [0.1, 0.15) is 42.5 Å². The van der Waals surface area contributed by atoms with Gasteiger partial charge in [-0.15, -0.1) is 0 Å². The maximum atomic E-state index is 12.9. The van der Waals surface area contributed by atoms with Crippen LogP contribution in [0, 0.1) is 0 Å². The highest BCUT2D eigenvalue weighted by molar-refractivity contribution is 7.89. The minimum Gasteiger partial charge on any atom is -0.452 e. The molecule has 1 saturated carbocycles. The molecule has 1 aliphatic heterocycles. The van der Waals surface area contributed by atoms with E-state index in [4.69, 9.17) is 32.7 Å². The van der Waals surface area contributed by atoms with Crippen LogP contribution < -0.4 is 5.32 Å². The Morgan fingerprint density at radius 1 is 1.10 bits per heavy atom. The van der Waals surface area contributed by atoms with Crippen LogP contribution in [0.3, 0.4) is 0 Å². The summed E-state index contributed by atoms with van der Waals surface area (Å²) in [4.78, 5) is 24.3. The monoisotopic (exact) mass is 478 g/mol. The Labute approximate surface area is 185 Å². The number of carbonyl (C=O) groups is 2. The zero-order valence-corrected chi connectivity index (χ0v) is 18.7. The van der Waals surface area contributed by atoms with Gasteiger partial charge in [0.2, 0.25) is 10.0 Å². The van der Waals surface area contributed by atoms with Crippen LogP contribution in [0.5, 0.6) is 0 Å². The molecule has 1 heterocycles. The van der Waals surface area contributed by atoms with E-state index in [-0.39, 0.29) is 52.8 Å². The van der Waals surface area contributed by atoms with Gasteiger partial charge in [0.1, 0.15) is 4.90 Å². The van der Waals surface area contributed by atoms with Crippen LogP contribution in [-0.4, -0.2) is 63.6 Å². The van der Waals surface area contributed by atoms with Gasteiger partial charge >= 0.3 is 5.97 Å². The lowest BCUT2D eigenvalue weighted by atomic mass is 9.95. The molecule has 0 unspecified atom stereocenters. The van der Waals surface area contributed by atoms with Crippen molar-refractivity contribution in [2.45, 2.75) is 43.0 Å². The average Bonchev–Trinajstić information content (AvgIpc) is 2.73. The minimum absolute atomic E-state index is 0.0568. The molecule has 11 heteroatoms. The number of benzene rings is 1. The maximum absolute atomic E-state index is 12.9. The Bertz CT molecular complexity index is 897. The van der Waals surface area contributed by atoms with Gasteiger partial charge in [-0.3, -0.25) is 4.79 Å². The van der Waals surface area contributed by atoms with Crippen molar-refractivity contribution in [1.82, 2.24) is 9.62 Å². The van der Waals surface area contributed by atoms with E-state index in [1.54, 1.807) is 0 Å². The highest BCUT2D eigenvalue weighted by atomic mass is 35.5. The third-order valence-corrected chi connectivity index (χ3v) is 7.81. The van der Waals surface area contributed by atoms with E-state index >= 15 is 0 Å². The van der Waals surface area contributed by atoms with Gasteiger partial charge in [0.05, 0.1) is 28.8 Å². The third kappa shape index (κ3) is 5.64. The molecule has 30 heavy (non-hydrogen) atoms. The summed E-state index contributed by atoms with van der Waals surface area (Å²) in [6.07, 6.45) is 5.10. The first-order valence-electron chi connectivity index (χ1n) is 9.82. The molecular formula is C19H24Cl2N2O6S. The summed E-state index contributed by atoms with van der Waals surface area (Å²) >= 11 is 12.2. The van der Waals surface area contributed by atoms with Gasteiger partial charge in [-0.05, 0) is 25.0 Å². The summed E-state index contributed by atoms with van der Waals surface area (Å²) < 4.78 is 37.3. The number of halogens is 2. The largest absolute Gasteiger partial charge is 0.452 e. The molecule has 0 spiro atoms. The standard InChI is InChI=1S/C19H24Cl2N2O6S/c20-15-11-16(21)17(30(26,27)23-6-8-28-9-7-23)10-14(15)19(25)29-12-18(24)22-13-4-2-1-3-5-13/h10-11,13H,1-9,12H2,(H,22,24). The fraction of sp³-hybridized carbons (Fsp3) is 0.579. The lowest BCUT2D eigenvalue weighted by molar-refractivity contribution is -0.125. The van der Waals surface area contributed by atoms with Crippen molar-refractivity contribution in [2.75, 3.05) is 32.9 Å². The van der Waals surface area contributed by atoms with Crippen molar-refractivity contribution in [3.8, 4) is 0 Å². The SMILES string of the molecule is O=C(COC(=O)c1cc(S(=O)(=O)N2CCOCC2)c(Cl)cc1Cl)NC1CCCCC1. The van der Waals surface area contributed by atoms with Crippen LogP contribution in [0.4, 0.5) is 0 Å². The number of rotatable bonds is 6. The van der Waals surface area contributed by atoms with Crippen molar-refractivity contribution in [2.24, 2.45) is 0 Å². The van der Waals surface area contributed by atoms with Crippen molar-refractivity contribution in [3.05, 3.63) is 27.7 Å². The van der Waals surface area contributed by atoms with Crippen molar-refractivity contribution in [1.29, 1.82) is 0 Å². The average molecular weight is 479 g/mol. The minimum atomic E-state index is -3.94. The Morgan fingerprint density at radius 3 is 2.43 bits per heavy atom. The highest BCUT2D eigenvalue weighted by Crippen LogP contribution is 2.31. The Hall–Kier alpha value is -1.39. The van der Waals surface area contributed by atoms with E-state index in [0.29, 0.717) is 0 Å². The number of hydrogen-bond donors (Lipinski definition) is 1. The summed E-state index contributed by atoms with van der Waals surface area (Å²) in [7, 11) is -3.94. The number of hydrogen-bond acceptors (Lipinski definition) is 6. The van der Waals surface area contributed by atoms with Crippen molar-refractivity contribution >= 4 is 45.1 Å². The predicted octanol–water partition coefficient (Wildman–Crippen LogP) is 2.62. The molecule has 166 valence electrons. The smallest absolute Gasteiger partial charge is 0.340 e. The number of esters is 1. The summed E-state index contributed by atoms with van der Waals surface area (Å²) in [6, 6.07) is 2.38. The quantitative estimate of drug-likeness (QED) is 0.630. The zero-order valence-electron chi connectivity index (χ0n) is 16.4. The number of ether oxygens (including phenoxy) is 2. The van der Waals surface area contributed by atoms with Gasteiger partial charge in [0, 0.05) is 19.1 Å². The molecule has 8 nitrogen and oxygen atoms in total. The Kier molecular flexibility index (Phi) is 7.98. The van der Waals surface area contributed by atoms with Crippen LogP contribution in [0.2, 0.25) is 10.0 Å². The summed E-state index contributed by atoms with van der Waals surface area (Å²) in [6.45, 7) is 0.440. The molecule has 0 bridgehead atoms. The number of carbonyl (C=O) groups excluding carboxylic acids is 2. The molecule has 0 radical (unpaired) electrons. The number of morpholine rings is 1. The topological polar surface area (TPSA) is 102 Å². The van der Waals surface area contributed by atoms with E-state index in [2.05, 4.69) is 5.32 Å². The molecule has 1 amide bonds. The van der Waals surface area contributed by atoms with Crippen LogP contribution in [0.25, 0.3) is 0 Å².